The number of nitrogens with zero attached hydrogens (tertiary/aromatic N) is 2. The van der Waals surface area contributed by atoms with Crippen molar-refractivity contribution in [1.29, 1.82) is 0 Å². The van der Waals surface area contributed by atoms with Gasteiger partial charge in [0.15, 0.2) is 5.11 Å². The molecule has 0 aromatic carbocycles. The average molecular weight is 456 g/mol. The van der Waals surface area contributed by atoms with Gasteiger partial charge in [0.1, 0.15) is 0 Å². The van der Waals surface area contributed by atoms with Crippen molar-refractivity contribution in [3.05, 3.63) is 50.6 Å². The Labute approximate surface area is 161 Å². The minimum Gasteiger partial charge on any atom is -0.383 e. The van der Waals surface area contributed by atoms with Crippen LogP contribution in [0.2, 0.25) is 0 Å². The lowest BCUT2D eigenvalue weighted by Gasteiger charge is -2.28. The van der Waals surface area contributed by atoms with Crippen molar-refractivity contribution in [1.82, 2.24) is 20.2 Å². The molecule has 0 saturated carbocycles. The molecule has 0 unspecified atom stereocenters. The average Bonchev–Trinajstić information content (AvgIpc) is 3.02. The van der Waals surface area contributed by atoms with Crippen molar-refractivity contribution in [3.8, 4) is 0 Å². The summed E-state index contributed by atoms with van der Waals surface area (Å²) < 4.78 is 6.54. The van der Waals surface area contributed by atoms with Crippen LogP contribution >= 0.6 is 34.8 Å². The zero-order chi connectivity index (χ0) is 17.3. The number of aromatic amines is 1. The molecule has 0 aliphatic carbocycles. The summed E-state index contributed by atoms with van der Waals surface area (Å²) in [5.41, 5.74) is 4.65. The monoisotopic (exact) mass is 456 g/mol. The number of hydrogen-bond donors (Lipinski definition) is 2. The lowest BCUT2D eigenvalue weighted by Crippen LogP contribution is -2.33. The van der Waals surface area contributed by atoms with Crippen LogP contribution in [0.5, 0.6) is 0 Å². The third kappa shape index (κ3) is 3.16. The van der Waals surface area contributed by atoms with E-state index in [1.807, 2.05) is 18.3 Å². The van der Waals surface area contributed by atoms with Crippen LogP contribution in [0.4, 0.5) is 0 Å². The Morgan fingerprint density at radius 1 is 1.33 bits per heavy atom. The van der Waals surface area contributed by atoms with E-state index in [0.717, 1.165) is 17.4 Å². The summed E-state index contributed by atoms with van der Waals surface area (Å²) in [6.07, 6.45) is 1.83. The van der Waals surface area contributed by atoms with Crippen LogP contribution < -0.4 is 5.32 Å². The molecule has 128 valence electrons. The number of thiocarbonyl (C=S) groups is 1. The summed E-state index contributed by atoms with van der Waals surface area (Å²) in [7, 11) is 1.72. The summed E-state index contributed by atoms with van der Waals surface area (Å²) >= 11 is 8.04. The Hall–Kier alpha value is -1.19. The largest absolute Gasteiger partial charge is 0.383 e. The van der Waals surface area contributed by atoms with Gasteiger partial charge in [0.05, 0.1) is 24.4 Å². The van der Waals surface area contributed by atoms with E-state index in [0.29, 0.717) is 6.61 Å². The number of pyridine rings is 1. The smallest absolute Gasteiger partial charge is 0.170 e. The van der Waals surface area contributed by atoms with E-state index in [2.05, 4.69) is 62.7 Å². The summed E-state index contributed by atoms with van der Waals surface area (Å²) in [5.74, 6) is 0. The van der Waals surface area contributed by atoms with E-state index in [-0.39, 0.29) is 12.1 Å². The molecule has 1 aliphatic rings. The fourth-order valence-electron chi connectivity index (χ4n) is 3.27. The van der Waals surface area contributed by atoms with Crippen LogP contribution in [-0.4, -0.2) is 40.2 Å². The molecule has 0 bridgehead atoms. The summed E-state index contributed by atoms with van der Waals surface area (Å²) in [4.78, 5) is 10.2. The lowest BCUT2D eigenvalue weighted by atomic mass is 9.97. The summed E-state index contributed by atoms with van der Waals surface area (Å²) in [6.45, 7) is 5.60. The van der Waals surface area contributed by atoms with Gasteiger partial charge >= 0.3 is 0 Å². The van der Waals surface area contributed by atoms with E-state index in [9.17, 15) is 0 Å². The molecule has 1 saturated heterocycles. The van der Waals surface area contributed by atoms with Crippen molar-refractivity contribution < 1.29 is 4.74 Å². The first-order chi connectivity index (χ1) is 11.5. The Balaban J connectivity index is 2.07. The minimum absolute atomic E-state index is 0.0259. The quantitative estimate of drug-likeness (QED) is 0.535. The third-order valence-electron chi connectivity index (χ3n) is 4.37. The molecule has 0 radical (unpaired) electrons. The molecular formula is C17H21IN4OS. The van der Waals surface area contributed by atoms with Gasteiger partial charge in [-0.05, 0) is 60.8 Å². The van der Waals surface area contributed by atoms with Gasteiger partial charge in [-0.1, -0.05) is 6.07 Å². The molecule has 7 heteroatoms. The van der Waals surface area contributed by atoms with E-state index >= 15 is 0 Å². The van der Waals surface area contributed by atoms with Gasteiger partial charge in [-0.2, -0.15) is 0 Å². The molecule has 5 nitrogen and oxygen atoms in total. The number of H-pyrrole nitrogens is 1. The first kappa shape index (κ1) is 17.6. The highest BCUT2D eigenvalue weighted by Crippen LogP contribution is 2.42. The van der Waals surface area contributed by atoms with Crippen LogP contribution in [0.1, 0.15) is 34.7 Å². The number of ether oxygens (including phenoxy) is 1. The Morgan fingerprint density at radius 3 is 2.71 bits per heavy atom. The van der Waals surface area contributed by atoms with Crippen LogP contribution in [0.25, 0.3) is 0 Å². The van der Waals surface area contributed by atoms with E-state index < -0.39 is 0 Å². The van der Waals surface area contributed by atoms with Crippen molar-refractivity contribution in [2.45, 2.75) is 25.9 Å². The highest BCUT2D eigenvalue weighted by atomic mass is 127. The Kier molecular flexibility index (Phi) is 5.41. The molecule has 3 heterocycles. The number of aryl methyl sites for hydroxylation is 2. The molecule has 2 N–H and O–H groups in total. The zero-order valence-electron chi connectivity index (χ0n) is 14.0. The third-order valence-corrected chi connectivity index (χ3v) is 6.12. The normalized spacial score (nSPS) is 20.5. The summed E-state index contributed by atoms with van der Waals surface area (Å²) in [6, 6.07) is 6.12. The number of rotatable bonds is 5. The SMILES string of the molecule is COCCN1C(=S)N[C@H](c2ccccn2)[C@H]1c1c(C)[nH]c(C)c1I. The Bertz CT molecular complexity index is 734. The first-order valence-electron chi connectivity index (χ1n) is 7.86. The Morgan fingerprint density at radius 2 is 2.12 bits per heavy atom. The molecule has 2 aromatic rings. The predicted octanol–water partition coefficient (Wildman–Crippen LogP) is 3.25. The molecular weight excluding hydrogens is 435 g/mol. The number of methoxy groups -OCH3 is 1. The standard InChI is InChI=1S/C17H21IN4OS/c1-10-13(14(18)11(2)20-10)16-15(12-6-4-5-7-19-12)21-17(24)22(16)8-9-23-3/h4-7,15-16,20H,8-9H2,1-3H3,(H,21,24)/t15-,16-/m1/s1. The van der Waals surface area contributed by atoms with Crippen molar-refractivity contribution in [3.63, 3.8) is 0 Å². The van der Waals surface area contributed by atoms with E-state index in [1.54, 1.807) is 7.11 Å². The van der Waals surface area contributed by atoms with E-state index in [4.69, 9.17) is 17.0 Å². The minimum atomic E-state index is 0.0259. The maximum atomic E-state index is 5.62. The molecule has 3 rings (SSSR count). The highest BCUT2D eigenvalue weighted by molar-refractivity contribution is 14.1. The van der Waals surface area contributed by atoms with Crippen LogP contribution in [0.15, 0.2) is 24.4 Å². The molecule has 0 spiro atoms. The van der Waals surface area contributed by atoms with Gasteiger partial charge in [-0.3, -0.25) is 4.98 Å². The van der Waals surface area contributed by atoms with Gasteiger partial charge in [0.2, 0.25) is 0 Å². The summed E-state index contributed by atoms with van der Waals surface area (Å²) in [5, 5.41) is 4.22. The van der Waals surface area contributed by atoms with E-state index in [1.165, 1.54) is 20.5 Å². The topological polar surface area (TPSA) is 53.2 Å². The fraction of sp³-hybridized carbons (Fsp3) is 0.412. The van der Waals surface area contributed by atoms with Gasteiger partial charge in [-0.25, -0.2) is 0 Å². The first-order valence-corrected chi connectivity index (χ1v) is 9.34. The van der Waals surface area contributed by atoms with Crippen molar-refractivity contribution >= 4 is 39.9 Å². The molecule has 2 atom stereocenters. The second-order valence-corrected chi connectivity index (χ2v) is 7.38. The molecule has 1 fully saturated rings. The highest BCUT2D eigenvalue weighted by Gasteiger charge is 2.41. The lowest BCUT2D eigenvalue weighted by molar-refractivity contribution is 0.164. The van der Waals surface area contributed by atoms with Gasteiger partial charge < -0.3 is 19.9 Å². The molecule has 0 amide bonds. The molecule has 1 aliphatic heterocycles. The predicted molar refractivity (Wildman–Crippen MR) is 107 cm³/mol. The maximum absolute atomic E-state index is 5.62. The van der Waals surface area contributed by atoms with Gasteiger partial charge in [0, 0.05) is 40.4 Å². The van der Waals surface area contributed by atoms with Gasteiger partial charge in [-0.15, -0.1) is 0 Å². The number of halogens is 1. The van der Waals surface area contributed by atoms with Crippen molar-refractivity contribution in [2.24, 2.45) is 0 Å². The second-order valence-electron chi connectivity index (χ2n) is 5.92. The number of nitrogens with one attached hydrogen (secondary N) is 2. The van der Waals surface area contributed by atoms with Crippen LogP contribution in [0, 0.1) is 17.4 Å². The maximum Gasteiger partial charge on any atom is 0.170 e. The zero-order valence-corrected chi connectivity index (χ0v) is 16.9. The number of aromatic nitrogens is 2. The number of hydrogen-bond acceptors (Lipinski definition) is 3. The van der Waals surface area contributed by atoms with Gasteiger partial charge in [0.25, 0.3) is 0 Å². The fourth-order valence-corrected chi connectivity index (χ4v) is 4.46. The molecule has 2 aromatic heterocycles. The molecule has 24 heavy (non-hydrogen) atoms. The van der Waals surface area contributed by atoms with Crippen LogP contribution in [-0.2, 0) is 4.74 Å². The van der Waals surface area contributed by atoms with Crippen LogP contribution in [0.3, 0.4) is 0 Å². The van der Waals surface area contributed by atoms with Crippen molar-refractivity contribution in [2.75, 3.05) is 20.3 Å². The second kappa shape index (κ2) is 7.37.